The Morgan fingerprint density at radius 3 is 2.45 bits per heavy atom. The fourth-order valence-corrected chi connectivity index (χ4v) is 0.761. The number of hydrogen-bond acceptors (Lipinski definition) is 4. The third kappa shape index (κ3) is 1.24. The lowest BCUT2D eigenvalue weighted by molar-refractivity contribution is -0.254. The Kier molecular flexibility index (Phi) is 1.68. The van der Waals surface area contributed by atoms with E-state index in [2.05, 4.69) is 0 Å². The van der Waals surface area contributed by atoms with Crippen LogP contribution in [0.15, 0.2) is 18.2 Å². The molecule has 0 radical (unpaired) electrons. The normalized spacial score (nSPS) is 9.45. The lowest BCUT2D eigenvalue weighted by atomic mass is 10.1. The molecule has 4 nitrogen and oxygen atoms in total. The molecule has 58 valence electrons. The van der Waals surface area contributed by atoms with Gasteiger partial charge in [0, 0.05) is 5.56 Å². The van der Waals surface area contributed by atoms with Crippen LogP contribution in [-0.4, -0.2) is 5.97 Å². The van der Waals surface area contributed by atoms with Gasteiger partial charge in [-0.1, -0.05) is 12.1 Å². The van der Waals surface area contributed by atoms with Crippen LogP contribution in [0.1, 0.15) is 10.4 Å². The Bertz CT molecular complexity index is 296. The highest BCUT2D eigenvalue weighted by Crippen LogP contribution is 2.17. The van der Waals surface area contributed by atoms with E-state index in [1.807, 2.05) is 0 Å². The molecule has 0 aliphatic rings. The number of carboxylic acids is 1. The van der Waals surface area contributed by atoms with E-state index in [0.717, 1.165) is 0 Å². The molecule has 1 aromatic rings. The average Bonchev–Trinajstić information content (AvgIpc) is 1.94. The van der Waals surface area contributed by atoms with Crippen LogP contribution in [0.25, 0.3) is 0 Å². The number of nitrogen functional groups attached to an aromatic ring is 2. The molecule has 0 atom stereocenters. The monoisotopic (exact) mass is 151 g/mol. The molecule has 0 saturated heterocycles. The molecular weight excluding hydrogens is 144 g/mol. The van der Waals surface area contributed by atoms with E-state index in [0.29, 0.717) is 0 Å². The van der Waals surface area contributed by atoms with Gasteiger partial charge < -0.3 is 21.4 Å². The summed E-state index contributed by atoms with van der Waals surface area (Å²) in [7, 11) is 0. The maximum atomic E-state index is 10.3. The van der Waals surface area contributed by atoms with E-state index >= 15 is 0 Å². The number of para-hydroxylation sites is 1. The van der Waals surface area contributed by atoms with Gasteiger partial charge in [0.1, 0.15) is 0 Å². The zero-order chi connectivity index (χ0) is 8.43. The number of nitrogens with two attached hydrogens (primary N) is 2. The zero-order valence-corrected chi connectivity index (χ0v) is 5.70. The molecule has 4 heteroatoms. The number of rotatable bonds is 1. The van der Waals surface area contributed by atoms with Gasteiger partial charge in [0.2, 0.25) is 0 Å². The van der Waals surface area contributed by atoms with Crippen LogP contribution in [0, 0.1) is 0 Å². The number of carboxylic acid groups (broad SMARTS) is 1. The summed E-state index contributed by atoms with van der Waals surface area (Å²) < 4.78 is 0. The summed E-state index contributed by atoms with van der Waals surface area (Å²) in [5.74, 6) is -1.31. The maximum Gasteiger partial charge on any atom is 0.0736 e. The molecule has 1 rings (SSSR count). The summed E-state index contributed by atoms with van der Waals surface area (Å²) in [5, 5.41) is 10.3. The Balaban J connectivity index is 3.27. The fraction of sp³-hybridized carbons (Fsp3) is 0. The first-order valence-corrected chi connectivity index (χ1v) is 2.98. The van der Waals surface area contributed by atoms with Crippen molar-refractivity contribution < 1.29 is 9.90 Å². The van der Waals surface area contributed by atoms with Crippen molar-refractivity contribution in [2.24, 2.45) is 0 Å². The second kappa shape index (κ2) is 2.49. The third-order valence-electron chi connectivity index (χ3n) is 1.36. The van der Waals surface area contributed by atoms with Crippen LogP contribution in [-0.2, 0) is 0 Å². The summed E-state index contributed by atoms with van der Waals surface area (Å²) in [6.07, 6.45) is 0. The number of aromatic carboxylic acids is 1. The molecule has 1 aromatic carbocycles. The van der Waals surface area contributed by atoms with Crippen molar-refractivity contribution in [3.63, 3.8) is 0 Å². The Hall–Kier alpha value is -1.71. The smallest absolute Gasteiger partial charge is 0.0736 e. The van der Waals surface area contributed by atoms with E-state index in [1.54, 1.807) is 0 Å². The van der Waals surface area contributed by atoms with Gasteiger partial charge in [0.15, 0.2) is 0 Å². The SMILES string of the molecule is Nc1cccc(C(=O)[O-])c1N. The molecule has 0 spiro atoms. The standard InChI is InChI=1S/C7H8N2O2/c8-5-3-1-2-4(6(5)9)7(10)11/h1-3H,8-9H2,(H,10,11)/p-1. The van der Waals surface area contributed by atoms with Gasteiger partial charge in [0.25, 0.3) is 0 Å². The van der Waals surface area contributed by atoms with Crippen molar-refractivity contribution in [1.82, 2.24) is 0 Å². The predicted molar refractivity (Wildman–Crippen MR) is 39.6 cm³/mol. The summed E-state index contributed by atoms with van der Waals surface area (Å²) in [6.45, 7) is 0. The first-order chi connectivity index (χ1) is 5.13. The second-order valence-corrected chi connectivity index (χ2v) is 2.10. The lowest BCUT2D eigenvalue weighted by Gasteiger charge is -2.07. The van der Waals surface area contributed by atoms with Gasteiger partial charge in [-0.15, -0.1) is 0 Å². The minimum atomic E-state index is -1.31. The Morgan fingerprint density at radius 1 is 1.36 bits per heavy atom. The number of carbonyl (C=O) groups is 1. The second-order valence-electron chi connectivity index (χ2n) is 2.10. The van der Waals surface area contributed by atoms with Gasteiger partial charge in [-0.05, 0) is 6.07 Å². The van der Waals surface area contributed by atoms with Crippen molar-refractivity contribution in [2.75, 3.05) is 11.5 Å². The number of carbonyl (C=O) groups excluding carboxylic acids is 1. The largest absolute Gasteiger partial charge is 0.545 e. The Morgan fingerprint density at radius 2 is 2.00 bits per heavy atom. The van der Waals surface area contributed by atoms with Crippen LogP contribution >= 0.6 is 0 Å². The zero-order valence-electron chi connectivity index (χ0n) is 5.70. The van der Waals surface area contributed by atoms with Gasteiger partial charge >= 0.3 is 0 Å². The van der Waals surface area contributed by atoms with Crippen molar-refractivity contribution in [1.29, 1.82) is 0 Å². The molecule has 0 aliphatic carbocycles. The van der Waals surface area contributed by atoms with E-state index in [4.69, 9.17) is 11.5 Å². The van der Waals surface area contributed by atoms with Crippen LogP contribution in [0.4, 0.5) is 11.4 Å². The molecule has 0 heterocycles. The van der Waals surface area contributed by atoms with Crippen LogP contribution in [0.3, 0.4) is 0 Å². The molecule has 0 amide bonds. The summed E-state index contributed by atoms with van der Waals surface area (Å²) in [4.78, 5) is 10.3. The molecule has 11 heavy (non-hydrogen) atoms. The minimum Gasteiger partial charge on any atom is -0.545 e. The van der Waals surface area contributed by atoms with Gasteiger partial charge in [0.05, 0.1) is 17.3 Å². The van der Waals surface area contributed by atoms with Crippen molar-refractivity contribution in [3.8, 4) is 0 Å². The van der Waals surface area contributed by atoms with Gasteiger partial charge in [-0.25, -0.2) is 0 Å². The molecular formula is C7H7N2O2-. The predicted octanol–water partition coefficient (Wildman–Crippen LogP) is -0.786. The van der Waals surface area contributed by atoms with E-state index in [-0.39, 0.29) is 16.9 Å². The van der Waals surface area contributed by atoms with Crippen LogP contribution in [0.5, 0.6) is 0 Å². The number of benzene rings is 1. The maximum absolute atomic E-state index is 10.3. The van der Waals surface area contributed by atoms with Crippen molar-refractivity contribution >= 4 is 17.3 Å². The fourth-order valence-electron chi connectivity index (χ4n) is 0.761. The summed E-state index contributed by atoms with van der Waals surface area (Å²) in [5.41, 5.74) is 10.9. The van der Waals surface area contributed by atoms with Crippen molar-refractivity contribution in [3.05, 3.63) is 23.8 Å². The third-order valence-corrected chi connectivity index (χ3v) is 1.36. The summed E-state index contributed by atoms with van der Waals surface area (Å²) >= 11 is 0. The number of hydrogen-bond donors (Lipinski definition) is 2. The number of anilines is 2. The lowest BCUT2D eigenvalue weighted by Crippen LogP contribution is -2.23. The molecule has 0 aromatic heterocycles. The average molecular weight is 151 g/mol. The minimum absolute atomic E-state index is 0.0625. The Labute approximate surface area is 63.4 Å². The van der Waals surface area contributed by atoms with Gasteiger partial charge in [-0.3, -0.25) is 0 Å². The quantitative estimate of drug-likeness (QED) is 0.514. The highest BCUT2D eigenvalue weighted by molar-refractivity contribution is 5.95. The first kappa shape index (κ1) is 7.40. The molecule has 0 saturated carbocycles. The van der Waals surface area contributed by atoms with Crippen molar-refractivity contribution in [2.45, 2.75) is 0 Å². The van der Waals surface area contributed by atoms with Crippen LogP contribution in [0.2, 0.25) is 0 Å². The van der Waals surface area contributed by atoms with Gasteiger partial charge in [-0.2, -0.15) is 0 Å². The molecule has 4 N–H and O–H groups in total. The highest BCUT2D eigenvalue weighted by Gasteiger charge is 2.00. The summed E-state index contributed by atoms with van der Waals surface area (Å²) in [6, 6.07) is 4.39. The molecule has 0 fully saturated rings. The molecule has 0 bridgehead atoms. The van der Waals surface area contributed by atoms with E-state index < -0.39 is 5.97 Å². The van der Waals surface area contributed by atoms with Crippen LogP contribution < -0.4 is 16.6 Å². The highest BCUT2D eigenvalue weighted by atomic mass is 16.4. The molecule has 0 aliphatic heterocycles. The first-order valence-electron chi connectivity index (χ1n) is 2.98. The van der Waals surface area contributed by atoms with E-state index in [1.165, 1.54) is 18.2 Å². The van der Waals surface area contributed by atoms with E-state index in [9.17, 15) is 9.90 Å². The molecule has 0 unspecified atom stereocenters. The topological polar surface area (TPSA) is 92.2 Å².